The fraction of sp³-hybridized carbons (Fsp3) is 0.526. The molecule has 1 aromatic rings. The summed E-state index contributed by atoms with van der Waals surface area (Å²) in [5, 5.41) is 6.72. The Morgan fingerprint density at radius 3 is 2.52 bits per heavy atom. The maximum atomic E-state index is 5.36. The van der Waals surface area contributed by atoms with E-state index in [1.165, 1.54) is 0 Å². The molecule has 0 aliphatic rings. The highest BCUT2D eigenvalue weighted by atomic mass is 127. The zero-order valence-corrected chi connectivity index (χ0v) is 17.9. The minimum Gasteiger partial charge on any atom is -0.497 e. The Balaban J connectivity index is 0.00000576. The van der Waals surface area contributed by atoms with Gasteiger partial charge in [-0.15, -0.1) is 24.0 Å². The van der Waals surface area contributed by atoms with Crippen LogP contribution in [0.25, 0.3) is 0 Å². The van der Waals surface area contributed by atoms with E-state index in [4.69, 9.17) is 9.47 Å². The van der Waals surface area contributed by atoms with Gasteiger partial charge in [0.1, 0.15) is 5.75 Å². The van der Waals surface area contributed by atoms with E-state index in [9.17, 15) is 0 Å². The molecule has 0 aliphatic heterocycles. The first-order valence-corrected chi connectivity index (χ1v) is 8.64. The molecule has 0 fully saturated rings. The van der Waals surface area contributed by atoms with Gasteiger partial charge in [0.2, 0.25) is 0 Å². The highest BCUT2D eigenvalue weighted by Crippen LogP contribution is 2.11. The summed E-state index contributed by atoms with van der Waals surface area (Å²) in [6, 6.07) is 7.99. The average Bonchev–Trinajstić information content (AvgIpc) is 2.62. The first kappa shape index (κ1) is 23.7. The fourth-order valence-corrected chi connectivity index (χ4v) is 2.04. The fourth-order valence-electron chi connectivity index (χ4n) is 2.04. The summed E-state index contributed by atoms with van der Waals surface area (Å²) >= 11 is 0. The molecule has 1 aromatic carbocycles. The number of halogens is 1. The zero-order valence-electron chi connectivity index (χ0n) is 15.6. The molecule has 0 radical (unpaired) electrons. The van der Waals surface area contributed by atoms with E-state index in [1.807, 2.05) is 38.1 Å². The number of rotatable bonds is 11. The van der Waals surface area contributed by atoms with Gasteiger partial charge in [0.05, 0.1) is 13.7 Å². The third-order valence-corrected chi connectivity index (χ3v) is 3.38. The van der Waals surface area contributed by atoms with Crippen LogP contribution in [0.1, 0.15) is 32.3 Å². The minimum absolute atomic E-state index is 0. The second kappa shape index (κ2) is 16.2. The van der Waals surface area contributed by atoms with Crippen molar-refractivity contribution in [2.24, 2.45) is 4.99 Å². The molecule has 0 saturated heterocycles. The van der Waals surface area contributed by atoms with Crippen LogP contribution in [0, 0.1) is 0 Å². The van der Waals surface area contributed by atoms with E-state index in [1.54, 1.807) is 7.11 Å². The first-order chi connectivity index (χ1) is 11.8. The maximum absolute atomic E-state index is 5.36. The lowest BCUT2D eigenvalue weighted by atomic mass is 10.2. The van der Waals surface area contributed by atoms with Crippen molar-refractivity contribution in [2.75, 3.05) is 33.4 Å². The van der Waals surface area contributed by atoms with Crippen molar-refractivity contribution in [1.82, 2.24) is 10.6 Å². The molecule has 1 rings (SSSR count). The van der Waals surface area contributed by atoms with Crippen LogP contribution in [0.4, 0.5) is 0 Å². The Morgan fingerprint density at radius 1 is 1.16 bits per heavy atom. The molecule has 0 aliphatic carbocycles. The van der Waals surface area contributed by atoms with E-state index < -0.39 is 0 Å². The summed E-state index contributed by atoms with van der Waals surface area (Å²) in [4.78, 5) is 4.65. The topological polar surface area (TPSA) is 54.9 Å². The van der Waals surface area contributed by atoms with Crippen molar-refractivity contribution in [3.63, 3.8) is 0 Å². The highest BCUT2D eigenvalue weighted by molar-refractivity contribution is 14.0. The average molecular weight is 461 g/mol. The van der Waals surface area contributed by atoms with E-state index in [0.29, 0.717) is 6.54 Å². The Labute approximate surface area is 169 Å². The number of aliphatic imine (C=N–C) groups is 1. The monoisotopic (exact) mass is 461 g/mol. The largest absolute Gasteiger partial charge is 0.497 e. The molecule has 0 spiro atoms. The van der Waals surface area contributed by atoms with Crippen LogP contribution in [0.5, 0.6) is 5.75 Å². The lowest BCUT2D eigenvalue weighted by molar-refractivity contribution is 0.145. The quantitative estimate of drug-likeness (QED) is 0.173. The number of benzene rings is 1. The number of methoxy groups -OCH3 is 1. The van der Waals surface area contributed by atoms with Crippen LogP contribution >= 0.6 is 24.0 Å². The summed E-state index contributed by atoms with van der Waals surface area (Å²) in [7, 11) is 1.67. The number of nitrogens with zero attached hydrogens (tertiary/aromatic N) is 1. The van der Waals surface area contributed by atoms with Crippen LogP contribution in [-0.4, -0.2) is 39.4 Å². The van der Waals surface area contributed by atoms with Gasteiger partial charge in [0.15, 0.2) is 5.96 Å². The van der Waals surface area contributed by atoms with E-state index in [-0.39, 0.29) is 24.0 Å². The maximum Gasteiger partial charge on any atom is 0.191 e. The Bertz CT molecular complexity index is 490. The lowest BCUT2D eigenvalue weighted by Crippen LogP contribution is -2.38. The Hall–Kier alpha value is -1.28. The first-order valence-electron chi connectivity index (χ1n) is 8.64. The van der Waals surface area contributed by atoms with Crippen molar-refractivity contribution in [1.29, 1.82) is 0 Å². The van der Waals surface area contributed by atoms with Gasteiger partial charge in [-0.25, -0.2) is 4.99 Å². The predicted molar refractivity (Wildman–Crippen MR) is 116 cm³/mol. The second-order valence-corrected chi connectivity index (χ2v) is 5.27. The number of hydrogen-bond donors (Lipinski definition) is 2. The van der Waals surface area contributed by atoms with Crippen molar-refractivity contribution < 1.29 is 9.47 Å². The molecule has 0 unspecified atom stereocenters. The van der Waals surface area contributed by atoms with Crippen LogP contribution in [0.3, 0.4) is 0 Å². The lowest BCUT2D eigenvalue weighted by Gasteiger charge is -2.12. The van der Waals surface area contributed by atoms with Gasteiger partial charge < -0.3 is 20.1 Å². The molecule has 2 N–H and O–H groups in total. The number of hydrogen-bond acceptors (Lipinski definition) is 3. The minimum atomic E-state index is 0. The van der Waals surface area contributed by atoms with Crippen molar-refractivity contribution >= 4 is 29.9 Å². The predicted octanol–water partition coefficient (Wildman–Crippen LogP) is 3.74. The molecule has 0 saturated carbocycles. The smallest absolute Gasteiger partial charge is 0.191 e. The molecular formula is C19H32IN3O2. The standard InChI is InChI=1S/C19H31N3O2.HI/c1-4-6-7-13-20-19(21-14-8-15-24-5-2)22-16-17-9-11-18(23-3)12-10-17;/h4,6,9-12H,5,7-8,13-16H2,1-3H3,(H2,20,21,22);1H/b6-4+;. The normalized spacial score (nSPS) is 11.2. The molecule has 0 bridgehead atoms. The molecule has 0 atom stereocenters. The van der Waals surface area contributed by atoms with Gasteiger partial charge >= 0.3 is 0 Å². The molecule has 0 aromatic heterocycles. The molecular weight excluding hydrogens is 429 g/mol. The zero-order chi connectivity index (χ0) is 17.5. The van der Waals surface area contributed by atoms with E-state index >= 15 is 0 Å². The number of ether oxygens (including phenoxy) is 2. The highest BCUT2D eigenvalue weighted by Gasteiger charge is 1.99. The van der Waals surface area contributed by atoms with Gasteiger partial charge in [-0.3, -0.25) is 0 Å². The Morgan fingerprint density at radius 2 is 1.88 bits per heavy atom. The summed E-state index contributed by atoms with van der Waals surface area (Å²) < 4.78 is 10.5. The van der Waals surface area contributed by atoms with Crippen LogP contribution in [-0.2, 0) is 11.3 Å². The van der Waals surface area contributed by atoms with E-state index in [2.05, 4.69) is 27.8 Å². The van der Waals surface area contributed by atoms with Gasteiger partial charge in [-0.1, -0.05) is 24.3 Å². The van der Waals surface area contributed by atoms with Gasteiger partial charge in [0.25, 0.3) is 0 Å². The summed E-state index contributed by atoms with van der Waals surface area (Å²) in [5.74, 6) is 1.70. The number of guanidine groups is 1. The van der Waals surface area contributed by atoms with Crippen molar-refractivity contribution in [3.8, 4) is 5.75 Å². The third-order valence-electron chi connectivity index (χ3n) is 3.38. The number of nitrogens with one attached hydrogen (secondary N) is 2. The number of allylic oxidation sites excluding steroid dienone is 1. The SMILES string of the molecule is C/C=C/CCNC(=NCc1ccc(OC)cc1)NCCCOCC.I. The molecule has 6 heteroatoms. The van der Waals surface area contributed by atoms with Crippen molar-refractivity contribution in [2.45, 2.75) is 33.2 Å². The van der Waals surface area contributed by atoms with Crippen LogP contribution < -0.4 is 15.4 Å². The summed E-state index contributed by atoms with van der Waals surface area (Å²) in [6.07, 6.45) is 6.15. The van der Waals surface area contributed by atoms with Crippen LogP contribution in [0.2, 0.25) is 0 Å². The van der Waals surface area contributed by atoms with E-state index in [0.717, 1.165) is 56.4 Å². The van der Waals surface area contributed by atoms with Gasteiger partial charge in [-0.05, 0) is 44.4 Å². The molecule has 0 heterocycles. The molecule has 0 amide bonds. The summed E-state index contributed by atoms with van der Waals surface area (Å²) in [6.45, 7) is 7.92. The van der Waals surface area contributed by atoms with Crippen LogP contribution in [0.15, 0.2) is 41.4 Å². The van der Waals surface area contributed by atoms with Gasteiger partial charge in [-0.2, -0.15) is 0 Å². The third kappa shape index (κ3) is 11.8. The van der Waals surface area contributed by atoms with Gasteiger partial charge in [0, 0.05) is 26.3 Å². The molecule has 25 heavy (non-hydrogen) atoms. The molecule has 5 nitrogen and oxygen atoms in total. The second-order valence-electron chi connectivity index (χ2n) is 5.27. The summed E-state index contributed by atoms with van der Waals surface area (Å²) in [5.41, 5.74) is 1.15. The Kier molecular flexibility index (Phi) is 15.4. The van der Waals surface area contributed by atoms with Crippen molar-refractivity contribution in [3.05, 3.63) is 42.0 Å². The molecule has 142 valence electrons.